The van der Waals surface area contributed by atoms with Gasteiger partial charge in [-0.2, -0.15) is 0 Å². The molecule has 0 saturated carbocycles. The third-order valence-corrected chi connectivity index (χ3v) is 2.33. The summed E-state index contributed by atoms with van der Waals surface area (Å²) in [6.07, 6.45) is 0.610. The van der Waals surface area contributed by atoms with E-state index in [0.29, 0.717) is 13.0 Å². The lowest BCUT2D eigenvalue weighted by Crippen LogP contribution is -2.41. The summed E-state index contributed by atoms with van der Waals surface area (Å²) in [6, 6.07) is 0. The first-order valence-electron chi connectivity index (χ1n) is 5.02. The van der Waals surface area contributed by atoms with E-state index in [1.165, 1.54) is 0 Å². The van der Waals surface area contributed by atoms with Crippen LogP contribution in [0.3, 0.4) is 0 Å². The average Bonchev–Trinajstić information content (AvgIpc) is 2.14. The van der Waals surface area contributed by atoms with E-state index in [1.807, 2.05) is 0 Å². The number of hydrogen-bond donors (Lipinski definition) is 3. The van der Waals surface area contributed by atoms with Crippen LogP contribution in [0.25, 0.3) is 0 Å². The number of carboxylic acid groups (broad SMARTS) is 1. The zero-order chi connectivity index (χ0) is 12.1. The molecule has 1 unspecified atom stereocenters. The van der Waals surface area contributed by atoms with Gasteiger partial charge in [0.25, 0.3) is 0 Å². The van der Waals surface area contributed by atoms with Crippen LogP contribution in [0, 0.1) is 11.3 Å². The number of nitrogens with one attached hydrogen (secondary N) is 1. The first-order valence-corrected chi connectivity index (χ1v) is 5.02. The number of rotatable bonds is 6. The molecule has 0 saturated heterocycles. The van der Waals surface area contributed by atoms with Crippen LogP contribution in [0.1, 0.15) is 27.2 Å². The average molecular weight is 216 g/mol. The van der Waals surface area contributed by atoms with Gasteiger partial charge in [0.15, 0.2) is 0 Å². The van der Waals surface area contributed by atoms with Gasteiger partial charge in [-0.3, -0.25) is 9.59 Å². The van der Waals surface area contributed by atoms with Crippen molar-refractivity contribution in [1.29, 1.82) is 0 Å². The molecule has 4 N–H and O–H groups in total. The number of amides is 1. The van der Waals surface area contributed by atoms with Gasteiger partial charge in [-0.25, -0.2) is 0 Å². The molecule has 0 fully saturated rings. The van der Waals surface area contributed by atoms with Crippen LogP contribution < -0.4 is 11.1 Å². The molecule has 0 radical (unpaired) electrons. The maximum atomic E-state index is 11.4. The molecule has 0 aliphatic heterocycles. The van der Waals surface area contributed by atoms with Gasteiger partial charge in [-0.15, -0.1) is 0 Å². The van der Waals surface area contributed by atoms with Crippen molar-refractivity contribution in [3.8, 4) is 0 Å². The van der Waals surface area contributed by atoms with Crippen LogP contribution in [-0.4, -0.2) is 30.1 Å². The minimum absolute atomic E-state index is 0.135. The lowest BCUT2D eigenvalue weighted by molar-refractivity contribution is -0.146. The van der Waals surface area contributed by atoms with E-state index >= 15 is 0 Å². The fourth-order valence-corrected chi connectivity index (χ4v) is 0.939. The van der Waals surface area contributed by atoms with Crippen molar-refractivity contribution in [2.24, 2.45) is 17.1 Å². The van der Waals surface area contributed by atoms with Crippen LogP contribution in [0.4, 0.5) is 0 Å². The van der Waals surface area contributed by atoms with E-state index in [4.69, 9.17) is 10.8 Å². The minimum Gasteiger partial charge on any atom is -0.481 e. The standard InChI is InChI=1S/C10H20N2O3/c1-7(4-5-11)8(13)12-6-10(2,3)9(14)15/h7H,4-6,11H2,1-3H3,(H,12,13)(H,14,15). The number of carboxylic acids is 1. The Hall–Kier alpha value is -1.10. The molecule has 0 spiro atoms. The van der Waals surface area contributed by atoms with Crippen molar-refractivity contribution in [3.05, 3.63) is 0 Å². The Morgan fingerprint density at radius 1 is 1.47 bits per heavy atom. The molecule has 0 aromatic heterocycles. The smallest absolute Gasteiger partial charge is 0.310 e. The summed E-state index contributed by atoms with van der Waals surface area (Å²) in [5.41, 5.74) is 4.39. The minimum atomic E-state index is -0.932. The van der Waals surface area contributed by atoms with E-state index in [0.717, 1.165) is 0 Å². The predicted octanol–water partition coefficient (Wildman–Crippen LogP) is 0.198. The first-order chi connectivity index (χ1) is 6.81. The van der Waals surface area contributed by atoms with Crippen LogP contribution in [0.5, 0.6) is 0 Å². The van der Waals surface area contributed by atoms with Gasteiger partial charge in [0.05, 0.1) is 5.41 Å². The van der Waals surface area contributed by atoms with Crippen LogP contribution >= 0.6 is 0 Å². The first kappa shape index (κ1) is 13.9. The van der Waals surface area contributed by atoms with Gasteiger partial charge >= 0.3 is 5.97 Å². The van der Waals surface area contributed by atoms with E-state index in [2.05, 4.69) is 5.32 Å². The molecule has 88 valence electrons. The summed E-state index contributed by atoms with van der Waals surface area (Å²) in [7, 11) is 0. The second-order valence-electron chi connectivity index (χ2n) is 4.39. The van der Waals surface area contributed by atoms with Crippen molar-refractivity contribution < 1.29 is 14.7 Å². The van der Waals surface area contributed by atoms with Crippen molar-refractivity contribution >= 4 is 11.9 Å². The lowest BCUT2D eigenvalue weighted by atomic mass is 9.93. The maximum Gasteiger partial charge on any atom is 0.310 e. The zero-order valence-corrected chi connectivity index (χ0v) is 9.54. The molecule has 0 heterocycles. The van der Waals surface area contributed by atoms with Gasteiger partial charge in [-0.1, -0.05) is 6.92 Å². The summed E-state index contributed by atoms with van der Waals surface area (Å²) in [6.45, 7) is 5.51. The summed E-state index contributed by atoms with van der Waals surface area (Å²) in [5.74, 6) is -1.23. The highest BCUT2D eigenvalue weighted by Gasteiger charge is 2.28. The molecule has 0 rings (SSSR count). The van der Waals surface area contributed by atoms with E-state index < -0.39 is 11.4 Å². The highest BCUT2D eigenvalue weighted by molar-refractivity contribution is 5.80. The van der Waals surface area contributed by atoms with Crippen molar-refractivity contribution in [2.45, 2.75) is 27.2 Å². The molecule has 5 heteroatoms. The highest BCUT2D eigenvalue weighted by Crippen LogP contribution is 2.13. The monoisotopic (exact) mass is 216 g/mol. The second kappa shape index (κ2) is 5.70. The molecule has 0 aromatic carbocycles. The molecule has 5 nitrogen and oxygen atoms in total. The van der Waals surface area contributed by atoms with E-state index in [-0.39, 0.29) is 18.4 Å². The second-order valence-corrected chi connectivity index (χ2v) is 4.39. The highest BCUT2D eigenvalue weighted by atomic mass is 16.4. The number of carbonyl (C=O) groups excluding carboxylic acids is 1. The van der Waals surface area contributed by atoms with Crippen LogP contribution in [0.15, 0.2) is 0 Å². The fraction of sp³-hybridized carbons (Fsp3) is 0.800. The number of nitrogens with two attached hydrogens (primary N) is 1. The topological polar surface area (TPSA) is 92.4 Å². The Morgan fingerprint density at radius 3 is 2.40 bits per heavy atom. The SMILES string of the molecule is CC(CCN)C(=O)NCC(C)(C)C(=O)O. The third kappa shape index (κ3) is 4.78. The Balaban J connectivity index is 4.05. The number of aliphatic carboxylic acids is 1. The lowest BCUT2D eigenvalue weighted by Gasteiger charge is -2.20. The predicted molar refractivity (Wildman–Crippen MR) is 57.3 cm³/mol. The maximum absolute atomic E-state index is 11.4. The van der Waals surface area contributed by atoms with Crippen LogP contribution in [0.2, 0.25) is 0 Å². The van der Waals surface area contributed by atoms with E-state index in [1.54, 1.807) is 20.8 Å². The molecule has 0 aromatic rings. The number of carbonyl (C=O) groups is 2. The van der Waals surface area contributed by atoms with Gasteiger partial charge in [-0.05, 0) is 26.8 Å². The van der Waals surface area contributed by atoms with Gasteiger partial charge in [0.1, 0.15) is 0 Å². The molecule has 0 bridgehead atoms. The van der Waals surface area contributed by atoms with Crippen molar-refractivity contribution in [1.82, 2.24) is 5.32 Å². The Labute approximate surface area is 90.0 Å². The Kier molecular flexibility index (Phi) is 5.28. The quantitative estimate of drug-likeness (QED) is 0.591. The summed E-state index contributed by atoms with van der Waals surface area (Å²) in [4.78, 5) is 22.2. The molecule has 15 heavy (non-hydrogen) atoms. The van der Waals surface area contributed by atoms with E-state index in [9.17, 15) is 9.59 Å². The largest absolute Gasteiger partial charge is 0.481 e. The van der Waals surface area contributed by atoms with Crippen molar-refractivity contribution in [3.63, 3.8) is 0 Å². The molecule has 1 amide bonds. The Morgan fingerprint density at radius 2 is 2.00 bits per heavy atom. The molecular formula is C10H20N2O3. The fourth-order valence-electron chi connectivity index (χ4n) is 0.939. The van der Waals surface area contributed by atoms with Crippen LogP contribution in [-0.2, 0) is 9.59 Å². The van der Waals surface area contributed by atoms with Gasteiger partial charge < -0.3 is 16.2 Å². The van der Waals surface area contributed by atoms with Gasteiger partial charge in [0, 0.05) is 12.5 Å². The van der Waals surface area contributed by atoms with Crippen molar-refractivity contribution in [2.75, 3.05) is 13.1 Å². The molecule has 0 aliphatic carbocycles. The third-order valence-electron chi connectivity index (χ3n) is 2.33. The number of hydrogen-bond acceptors (Lipinski definition) is 3. The normalized spacial score (nSPS) is 13.3. The molecule has 1 atom stereocenters. The zero-order valence-electron chi connectivity index (χ0n) is 9.54. The molecule has 0 aliphatic rings. The Bertz CT molecular complexity index is 239. The molecular weight excluding hydrogens is 196 g/mol. The summed E-state index contributed by atoms with van der Waals surface area (Å²) < 4.78 is 0. The summed E-state index contributed by atoms with van der Waals surface area (Å²) in [5, 5.41) is 11.4. The summed E-state index contributed by atoms with van der Waals surface area (Å²) >= 11 is 0. The van der Waals surface area contributed by atoms with Gasteiger partial charge in [0.2, 0.25) is 5.91 Å².